The Kier molecular flexibility index (Phi) is 9.56. The van der Waals surface area contributed by atoms with Crippen molar-refractivity contribution >= 4 is 40.9 Å². The van der Waals surface area contributed by atoms with E-state index in [0.29, 0.717) is 69.1 Å². The molecule has 2 N–H and O–H groups in total. The number of aromatic nitrogens is 3. The van der Waals surface area contributed by atoms with Crippen LogP contribution in [-0.4, -0.2) is 27.3 Å². The lowest BCUT2D eigenvalue weighted by molar-refractivity contribution is -0.113. The summed E-state index contributed by atoms with van der Waals surface area (Å²) in [6.45, 7) is 4.52. The molecule has 0 spiro atoms. The topological polar surface area (TPSA) is 90.3 Å². The Hall–Kier alpha value is -4.80. The third-order valence-corrected chi connectivity index (χ3v) is 8.46. The number of hydrogen-bond acceptors (Lipinski definition) is 7. The first-order chi connectivity index (χ1) is 22.4. The highest BCUT2D eigenvalue weighted by Crippen LogP contribution is 2.38. The van der Waals surface area contributed by atoms with Crippen LogP contribution in [0, 0.1) is 5.82 Å². The molecule has 5 aromatic rings. The van der Waals surface area contributed by atoms with Crippen LogP contribution in [0.1, 0.15) is 36.6 Å². The molecule has 8 nitrogen and oxygen atoms in total. The number of thioether (sulfide) groups is 1. The quantitative estimate of drug-likeness (QED) is 0.138. The second-order valence-corrected chi connectivity index (χ2v) is 11.9. The lowest BCUT2D eigenvalue weighted by atomic mass is 9.94. The molecule has 234 valence electrons. The number of nitrogens with zero attached hydrogens (tertiary/aromatic N) is 3. The number of anilines is 2. The van der Waals surface area contributed by atoms with Gasteiger partial charge in [0, 0.05) is 16.5 Å². The van der Waals surface area contributed by atoms with Gasteiger partial charge < -0.3 is 20.1 Å². The molecule has 1 aliphatic rings. The molecule has 46 heavy (non-hydrogen) atoms. The van der Waals surface area contributed by atoms with Gasteiger partial charge in [0.25, 0.3) is 5.91 Å². The van der Waals surface area contributed by atoms with E-state index < -0.39 is 6.04 Å². The van der Waals surface area contributed by atoms with Crippen molar-refractivity contribution in [3.05, 3.63) is 136 Å². The number of carbonyl (C=O) groups is 1. The largest absolute Gasteiger partial charge is 0.492 e. The van der Waals surface area contributed by atoms with Crippen molar-refractivity contribution < 1.29 is 18.7 Å². The second-order valence-electron chi connectivity index (χ2n) is 10.5. The van der Waals surface area contributed by atoms with Crippen LogP contribution in [0.25, 0.3) is 0 Å². The van der Waals surface area contributed by atoms with Crippen LogP contribution in [0.4, 0.5) is 16.0 Å². The van der Waals surface area contributed by atoms with Gasteiger partial charge in [-0.15, -0.1) is 5.10 Å². The molecule has 0 aliphatic carbocycles. The van der Waals surface area contributed by atoms with Crippen molar-refractivity contribution in [1.29, 1.82) is 0 Å². The fourth-order valence-corrected chi connectivity index (χ4v) is 6.06. The molecular weight excluding hydrogens is 625 g/mol. The minimum Gasteiger partial charge on any atom is -0.492 e. The first-order valence-electron chi connectivity index (χ1n) is 14.7. The van der Waals surface area contributed by atoms with Gasteiger partial charge in [-0.25, -0.2) is 9.07 Å². The number of halogens is 2. The summed E-state index contributed by atoms with van der Waals surface area (Å²) in [6, 6.07) is 28.3. The highest BCUT2D eigenvalue weighted by Gasteiger charge is 2.35. The van der Waals surface area contributed by atoms with E-state index in [1.165, 1.54) is 17.8 Å². The summed E-state index contributed by atoms with van der Waals surface area (Å²) in [5.41, 5.74) is 3.92. The van der Waals surface area contributed by atoms with Crippen molar-refractivity contribution in [3.8, 4) is 11.5 Å². The first kappa shape index (κ1) is 31.2. The number of para-hydroxylation sites is 2. The minimum atomic E-state index is -0.648. The van der Waals surface area contributed by atoms with E-state index in [1.807, 2.05) is 80.6 Å². The first-order valence-corrected chi connectivity index (χ1v) is 16.1. The standard InChI is InChI=1S/C35H31ClFN5O3S/c1-3-44-30-14-7-6-13-29(30)39-33(43)31-22(2)38-34-40-35(46-21-25-9-4-5-12-28(25)37)41-42(34)32(31)24-10-8-11-27(19-24)45-20-23-15-17-26(36)18-16-23/h4-19,32H,3,20-21H2,1-2H3,(H,39,43)(H,38,40,41). The van der Waals surface area contributed by atoms with Gasteiger partial charge in [-0.3, -0.25) is 4.79 Å². The van der Waals surface area contributed by atoms with Gasteiger partial charge in [-0.05, 0) is 73.0 Å². The molecule has 11 heteroatoms. The van der Waals surface area contributed by atoms with Crippen molar-refractivity contribution in [3.63, 3.8) is 0 Å². The second kappa shape index (κ2) is 14.1. The Morgan fingerprint density at radius 3 is 2.61 bits per heavy atom. The SMILES string of the molecule is CCOc1ccccc1NC(=O)C1=C(C)Nc2nc(SCc3ccccc3F)nn2C1c1cccc(OCc2ccc(Cl)cc2)c1. The smallest absolute Gasteiger partial charge is 0.255 e. The summed E-state index contributed by atoms with van der Waals surface area (Å²) >= 11 is 7.36. The number of nitrogens with one attached hydrogen (secondary N) is 2. The Morgan fingerprint density at radius 2 is 1.80 bits per heavy atom. The number of hydrogen-bond donors (Lipinski definition) is 2. The average Bonchev–Trinajstić information content (AvgIpc) is 3.47. The molecule has 4 aromatic carbocycles. The molecule has 0 radical (unpaired) electrons. The fraction of sp³-hybridized carbons (Fsp3) is 0.171. The number of rotatable bonds is 11. The average molecular weight is 656 g/mol. The van der Waals surface area contributed by atoms with Crippen molar-refractivity contribution in [2.75, 3.05) is 17.2 Å². The van der Waals surface area contributed by atoms with Crippen LogP contribution < -0.4 is 20.1 Å². The normalized spacial score (nSPS) is 14.0. The number of amides is 1. The van der Waals surface area contributed by atoms with E-state index in [2.05, 4.69) is 10.6 Å². The molecule has 0 fully saturated rings. The molecular formula is C35H31ClFN5O3S. The van der Waals surface area contributed by atoms with Gasteiger partial charge in [0.2, 0.25) is 11.1 Å². The monoisotopic (exact) mass is 655 g/mol. The van der Waals surface area contributed by atoms with E-state index >= 15 is 0 Å². The predicted molar refractivity (Wildman–Crippen MR) is 179 cm³/mol. The molecule has 1 unspecified atom stereocenters. The Morgan fingerprint density at radius 1 is 1.02 bits per heavy atom. The van der Waals surface area contributed by atoms with Gasteiger partial charge in [0.1, 0.15) is 30.0 Å². The van der Waals surface area contributed by atoms with Crippen LogP contribution in [-0.2, 0) is 17.2 Å². The maximum atomic E-state index is 14.3. The zero-order valence-electron chi connectivity index (χ0n) is 25.2. The Labute approximate surface area is 275 Å². The number of benzene rings is 4. The summed E-state index contributed by atoms with van der Waals surface area (Å²) in [7, 11) is 0. The third kappa shape index (κ3) is 7.03. The van der Waals surface area contributed by atoms with Crippen LogP contribution in [0.15, 0.2) is 113 Å². The number of fused-ring (bicyclic) bond motifs is 1. The van der Waals surface area contributed by atoms with Crippen LogP contribution in [0.3, 0.4) is 0 Å². The van der Waals surface area contributed by atoms with Crippen molar-refractivity contribution in [2.24, 2.45) is 0 Å². The summed E-state index contributed by atoms with van der Waals surface area (Å²) in [6.07, 6.45) is 0. The van der Waals surface area contributed by atoms with Gasteiger partial charge in [0.15, 0.2) is 0 Å². The minimum absolute atomic E-state index is 0.283. The van der Waals surface area contributed by atoms with Crippen LogP contribution in [0.5, 0.6) is 11.5 Å². The van der Waals surface area contributed by atoms with E-state index in [4.69, 9.17) is 31.2 Å². The third-order valence-electron chi connectivity index (χ3n) is 7.32. The van der Waals surface area contributed by atoms with E-state index in [1.54, 1.807) is 28.9 Å². The van der Waals surface area contributed by atoms with Crippen molar-refractivity contribution in [1.82, 2.24) is 14.8 Å². The summed E-state index contributed by atoms with van der Waals surface area (Å²) in [5.74, 6) is 1.41. The zero-order valence-corrected chi connectivity index (χ0v) is 26.7. The molecule has 2 heterocycles. The molecule has 0 saturated heterocycles. The fourth-order valence-electron chi connectivity index (χ4n) is 5.12. The summed E-state index contributed by atoms with van der Waals surface area (Å²) in [4.78, 5) is 18.8. The zero-order chi connectivity index (χ0) is 32.0. The maximum absolute atomic E-state index is 14.3. The van der Waals surface area contributed by atoms with Crippen LogP contribution in [0.2, 0.25) is 5.02 Å². The molecule has 1 aromatic heterocycles. The number of allylic oxidation sites excluding steroid dienone is 1. The lowest BCUT2D eigenvalue weighted by Gasteiger charge is -2.29. The van der Waals surface area contributed by atoms with Crippen molar-refractivity contribution in [2.45, 2.75) is 37.4 Å². The Bertz CT molecular complexity index is 1900. The Balaban J connectivity index is 1.34. The molecule has 0 saturated carbocycles. The molecule has 1 atom stereocenters. The van der Waals surface area contributed by atoms with Gasteiger partial charge in [-0.1, -0.05) is 78.0 Å². The van der Waals surface area contributed by atoms with Crippen LogP contribution >= 0.6 is 23.4 Å². The molecule has 6 rings (SSSR count). The molecule has 1 amide bonds. The highest BCUT2D eigenvalue weighted by atomic mass is 35.5. The highest BCUT2D eigenvalue weighted by molar-refractivity contribution is 7.98. The molecule has 0 bridgehead atoms. The number of carbonyl (C=O) groups excluding carboxylic acids is 1. The van der Waals surface area contributed by atoms with Gasteiger partial charge in [-0.2, -0.15) is 4.98 Å². The van der Waals surface area contributed by atoms with E-state index in [-0.39, 0.29) is 11.7 Å². The molecule has 1 aliphatic heterocycles. The summed E-state index contributed by atoms with van der Waals surface area (Å²) < 4.78 is 27.9. The summed E-state index contributed by atoms with van der Waals surface area (Å²) in [5, 5.41) is 12.2. The van der Waals surface area contributed by atoms with E-state index in [9.17, 15) is 9.18 Å². The van der Waals surface area contributed by atoms with Gasteiger partial charge >= 0.3 is 0 Å². The predicted octanol–water partition coefficient (Wildman–Crippen LogP) is 8.27. The van der Waals surface area contributed by atoms with Gasteiger partial charge in [0.05, 0.1) is 17.9 Å². The number of ether oxygens (including phenoxy) is 2. The van der Waals surface area contributed by atoms with E-state index in [0.717, 1.165) is 11.1 Å². The maximum Gasteiger partial charge on any atom is 0.255 e. The lowest BCUT2D eigenvalue weighted by Crippen LogP contribution is -2.31.